The molecule has 7 aromatic rings. The SMILES string of the molecule is Cc1cc(N=Nc2cc(O)c(N=Nc3c(SOO[O-])cc4cc(NCOc5ccc(O)cc5)ccc4c3O)cc2C)ccc1N=Nc1ccc2cc(SOO[O-])cc(S(=O)(=O)[O-])c2c1.[Cu].[Na+].[Na+].[Na+]. The van der Waals surface area contributed by atoms with Crippen LogP contribution in [0.4, 0.5) is 39.8 Å². The van der Waals surface area contributed by atoms with Gasteiger partial charge in [0.25, 0.3) is 0 Å². The average molecular weight is 1060 g/mol. The van der Waals surface area contributed by atoms with Crippen LogP contribution in [0.25, 0.3) is 21.5 Å². The van der Waals surface area contributed by atoms with Crippen LogP contribution in [0.3, 0.4) is 0 Å². The Balaban J connectivity index is 0.00000306. The Morgan fingerprint density at radius 3 is 1.97 bits per heavy atom. The molecule has 7 aromatic carbocycles. The maximum Gasteiger partial charge on any atom is 1.00 e. The van der Waals surface area contributed by atoms with E-state index in [0.29, 0.717) is 79.9 Å². The first kappa shape index (κ1) is 59.1. The van der Waals surface area contributed by atoms with Crippen LogP contribution >= 0.6 is 24.1 Å². The number of fused-ring (bicyclic) bond motifs is 2. The van der Waals surface area contributed by atoms with E-state index in [2.05, 4.69) is 54.7 Å². The van der Waals surface area contributed by atoms with Crippen molar-refractivity contribution < 1.29 is 168 Å². The third kappa shape index (κ3) is 15.4. The summed E-state index contributed by atoms with van der Waals surface area (Å²) in [6.07, 6.45) is 0. The summed E-state index contributed by atoms with van der Waals surface area (Å²) in [7, 11) is -4.92. The number of phenols is 3. The van der Waals surface area contributed by atoms with E-state index in [1.807, 2.05) is 0 Å². The van der Waals surface area contributed by atoms with Gasteiger partial charge in [0.2, 0.25) is 0 Å². The molecule has 0 spiro atoms. The molecule has 68 heavy (non-hydrogen) atoms. The van der Waals surface area contributed by atoms with Gasteiger partial charge in [-0.05, 0) is 133 Å². The molecule has 0 bridgehead atoms. The zero-order chi connectivity index (χ0) is 45.4. The van der Waals surface area contributed by atoms with Crippen LogP contribution in [0.5, 0.6) is 23.0 Å². The van der Waals surface area contributed by atoms with Gasteiger partial charge in [0.1, 0.15) is 38.7 Å². The molecule has 27 heteroatoms. The van der Waals surface area contributed by atoms with Crippen LogP contribution < -0.4 is 109 Å². The van der Waals surface area contributed by atoms with Crippen molar-refractivity contribution >= 4 is 95.6 Å². The Hall–Kier alpha value is -3.25. The number of hydrogen-bond donors (Lipinski definition) is 4. The predicted molar refractivity (Wildman–Crippen MR) is 227 cm³/mol. The summed E-state index contributed by atoms with van der Waals surface area (Å²) in [5, 5.41) is 89.3. The van der Waals surface area contributed by atoms with Crippen LogP contribution in [-0.4, -0.2) is 35.0 Å². The zero-order valence-electron chi connectivity index (χ0n) is 36.2. The fraction of sp³-hybridized carbons (Fsp3) is 0.0732. The normalized spacial score (nSPS) is 11.4. The molecule has 0 saturated carbocycles. The summed E-state index contributed by atoms with van der Waals surface area (Å²) in [5.41, 5.74) is 3.31. The Labute approximate surface area is 472 Å². The molecule has 1 radical (unpaired) electrons. The summed E-state index contributed by atoms with van der Waals surface area (Å²) < 4.78 is 50.5. The molecule has 0 aliphatic rings. The number of ether oxygens (including phenoxy) is 1. The molecule has 4 N–H and O–H groups in total. The first-order chi connectivity index (χ1) is 30.8. The third-order valence-corrected chi connectivity index (χ3v) is 11.2. The molecule has 0 atom stereocenters. The van der Waals surface area contributed by atoms with Gasteiger partial charge in [0.05, 0.1) is 56.6 Å². The van der Waals surface area contributed by atoms with Gasteiger partial charge < -0.3 is 40.4 Å². The minimum Gasteiger partial charge on any atom is -0.744 e. The number of aromatic hydroxyl groups is 3. The largest absolute Gasteiger partial charge is 1.00 e. The van der Waals surface area contributed by atoms with Crippen molar-refractivity contribution in [3.63, 3.8) is 0 Å². The molecule has 0 heterocycles. The van der Waals surface area contributed by atoms with Crippen molar-refractivity contribution in [1.82, 2.24) is 0 Å². The number of azo groups is 3. The zero-order valence-corrected chi connectivity index (χ0v) is 45.6. The van der Waals surface area contributed by atoms with Crippen LogP contribution in [-0.2, 0) is 45.9 Å². The number of hydrogen-bond acceptors (Lipinski definition) is 22. The minimum atomic E-state index is -4.92. The maximum absolute atomic E-state index is 12.0. The number of nitrogens with zero attached hydrogens (tertiary/aromatic N) is 6. The molecular weight excluding hydrogens is 1030 g/mol. The van der Waals surface area contributed by atoms with E-state index < -0.39 is 15.0 Å². The molecule has 0 fully saturated rings. The molecule has 0 aliphatic heterocycles. The van der Waals surface area contributed by atoms with Crippen molar-refractivity contribution in [2.45, 2.75) is 28.5 Å². The van der Waals surface area contributed by atoms with Gasteiger partial charge >= 0.3 is 88.7 Å². The van der Waals surface area contributed by atoms with Crippen molar-refractivity contribution in [2.75, 3.05) is 12.0 Å². The Kier molecular flexibility index (Phi) is 23.8. The van der Waals surface area contributed by atoms with Gasteiger partial charge in [-0.1, -0.05) is 6.07 Å². The van der Waals surface area contributed by atoms with E-state index in [1.165, 1.54) is 42.5 Å². The first-order valence-electron chi connectivity index (χ1n) is 18.2. The molecule has 20 nitrogen and oxygen atoms in total. The Morgan fingerprint density at radius 1 is 0.632 bits per heavy atom. The van der Waals surface area contributed by atoms with Crippen molar-refractivity contribution in [1.29, 1.82) is 0 Å². The average Bonchev–Trinajstić information content (AvgIpc) is 3.27. The van der Waals surface area contributed by atoms with Crippen LogP contribution in [0.1, 0.15) is 11.1 Å². The summed E-state index contributed by atoms with van der Waals surface area (Å²) >= 11 is 0.946. The Bertz CT molecular complexity index is 3090. The van der Waals surface area contributed by atoms with Crippen molar-refractivity contribution in [3.05, 3.63) is 120 Å². The van der Waals surface area contributed by atoms with Gasteiger partial charge in [0.15, 0.2) is 12.5 Å². The molecule has 0 unspecified atom stereocenters. The van der Waals surface area contributed by atoms with E-state index in [1.54, 1.807) is 74.5 Å². The molecule has 7 rings (SSSR count). The second kappa shape index (κ2) is 27.4. The van der Waals surface area contributed by atoms with E-state index in [4.69, 9.17) is 4.74 Å². The van der Waals surface area contributed by atoms with Gasteiger partial charge in [-0.3, -0.25) is 10.1 Å². The standard InChI is InChI=1S/C41H33N7O13S3.Cu.3Na/c1-22-13-27(6-12-34(22)45-44-28-4-3-24-16-31(62-60-58-52)19-39(33(24)18-28)64(54,55)56)43-46-35-20-37(50)36(14-23(35)2)47-48-40-38(63-61-59-53)17-25-15-26(5-11-32(25)41(40)51)42-21-57-30-9-7-29(49)8-10-30;;;;/h3-20,42,49-53H,21H2,1-2H3,(H,54,55,56);;;;/q;;3*+1/p-3. The number of nitrogens with one attached hydrogen (secondary N) is 1. The quantitative estimate of drug-likeness (QED) is 0.0187. The van der Waals surface area contributed by atoms with Gasteiger partial charge in [-0.2, -0.15) is 29.1 Å². The summed E-state index contributed by atoms with van der Waals surface area (Å²) in [5.74, 6) is 0.0633. The number of phenolic OH excluding ortho intramolecular Hbond substituents is 3. The Morgan fingerprint density at radius 2 is 1.28 bits per heavy atom. The topological polar surface area (TPSA) is 296 Å². The van der Waals surface area contributed by atoms with E-state index in [0.717, 1.165) is 6.07 Å². The van der Waals surface area contributed by atoms with Gasteiger partial charge in [-0.25, -0.2) is 8.42 Å². The minimum absolute atomic E-state index is 0. The summed E-state index contributed by atoms with van der Waals surface area (Å²) in [4.78, 5) is -0.216. The van der Waals surface area contributed by atoms with Gasteiger partial charge in [-0.15, -0.1) is 10.2 Å². The first-order valence-corrected chi connectivity index (χ1v) is 21.1. The molecular formula is C41H30CuN7Na3O13S3. The third-order valence-electron chi connectivity index (χ3n) is 9.13. The smallest absolute Gasteiger partial charge is 0.744 e. The molecule has 0 aliphatic carbocycles. The van der Waals surface area contributed by atoms with E-state index in [9.17, 15) is 38.8 Å². The predicted octanol–water partition coefficient (Wildman–Crippen LogP) is 0.796. The van der Waals surface area contributed by atoms with Gasteiger partial charge in [0, 0.05) is 44.5 Å². The molecule has 0 aromatic heterocycles. The second-order valence-corrected chi connectivity index (χ2v) is 16.2. The fourth-order valence-electron chi connectivity index (χ4n) is 6.07. The van der Waals surface area contributed by atoms with Crippen LogP contribution in [0, 0.1) is 13.8 Å². The number of benzene rings is 7. The number of anilines is 1. The van der Waals surface area contributed by atoms with E-state index >= 15 is 0 Å². The summed E-state index contributed by atoms with van der Waals surface area (Å²) in [6.45, 7) is 3.58. The monoisotopic (exact) mass is 1060 g/mol. The molecule has 339 valence electrons. The van der Waals surface area contributed by atoms with Crippen LogP contribution in [0.15, 0.2) is 155 Å². The number of rotatable bonds is 17. The molecule has 0 amide bonds. The fourth-order valence-corrected chi connectivity index (χ4v) is 7.80. The number of aryl methyl sites for hydroxylation is 2. The second-order valence-electron chi connectivity index (χ2n) is 13.4. The summed E-state index contributed by atoms with van der Waals surface area (Å²) in [6, 6.07) is 27.8. The van der Waals surface area contributed by atoms with Crippen molar-refractivity contribution in [3.8, 4) is 23.0 Å². The molecule has 0 saturated heterocycles. The van der Waals surface area contributed by atoms with E-state index in [-0.39, 0.29) is 162 Å². The maximum atomic E-state index is 12.0. The van der Waals surface area contributed by atoms with Crippen LogP contribution in [0.2, 0.25) is 0 Å². The van der Waals surface area contributed by atoms with Crippen molar-refractivity contribution in [2.24, 2.45) is 30.7 Å².